The van der Waals surface area contributed by atoms with E-state index in [-0.39, 0.29) is 11.1 Å². The summed E-state index contributed by atoms with van der Waals surface area (Å²) in [6.45, 7) is 14.7. The number of nitrogens with zero attached hydrogens (tertiary/aromatic N) is 1. The molecule has 0 aromatic rings. The number of piperidine rings is 1. The summed E-state index contributed by atoms with van der Waals surface area (Å²) < 4.78 is 11.3. The third-order valence-corrected chi connectivity index (χ3v) is 5.21. The summed E-state index contributed by atoms with van der Waals surface area (Å²) in [6, 6.07) is 1.51. The molecule has 3 aliphatic heterocycles. The third-order valence-electron chi connectivity index (χ3n) is 5.21. The topological polar surface area (TPSA) is 45.8 Å². The van der Waals surface area contributed by atoms with Crippen LogP contribution < -0.4 is 10.6 Å². The lowest BCUT2D eigenvalue weighted by Crippen LogP contribution is -2.64. The van der Waals surface area contributed by atoms with Gasteiger partial charge in [-0.25, -0.2) is 0 Å². The maximum atomic E-state index is 5.81. The van der Waals surface area contributed by atoms with Crippen molar-refractivity contribution >= 4 is 0 Å². The van der Waals surface area contributed by atoms with E-state index in [4.69, 9.17) is 9.47 Å². The first-order valence-electron chi connectivity index (χ1n) is 8.80. The van der Waals surface area contributed by atoms with Crippen LogP contribution in [0.25, 0.3) is 0 Å². The predicted molar refractivity (Wildman–Crippen MR) is 88.2 cm³/mol. The van der Waals surface area contributed by atoms with Crippen LogP contribution in [0.1, 0.15) is 40.5 Å². The first-order chi connectivity index (χ1) is 10.3. The van der Waals surface area contributed by atoms with Gasteiger partial charge in [-0.2, -0.15) is 0 Å². The molecule has 3 rings (SSSR count). The summed E-state index contributed by atoms with van der Waals surface area (Å²) in [5.41, 5.74) is 0.376. The molecule has 0 amide bonds. The molecule has 3 saturated heterocycles. The molecule has 0 aromatic heterocycles. The van der Waals surface area contributed by atoms with E-state index in [2.05, 4.69) is 43.2 Å². The van der Waals surface area contributed by atoms with Gasteiger partial charge in [0.05, 0.1) is 32.5 Å². The van der Waals surface area contributed by atoms with E-state index in [9.17, 15) is 0 Å². The van der Waals surface area contributed by atoms with Crippen LogP contribution in [-0.4, -0.2) is 73.6 Å². The van der Waals surface area contributed by atoms with Crippen LogP contribution in [0, 0.1) is 0 Å². The Labute approximate surface area is 135 Å². The number of rotatable bonds is 3. The Morgan fingerprint density at radius 3 is 2.23 bits per heavy atom. The van der Waals surface area contributed by atoms with Gasteiger partial charge in [-0.3, -0.25) is 4.90 Å². The molecular formula is C17H33N3O2. The molecule has 2 atom stereocenters. The lowest BCUT2D eigenvalue weighted by atomic mass is 9.79. The van der Waals surface area contributed by atoms with E-state index in [1.807, 2.05) is 0 Å². The number of hydrogen-bond acceptors (Lipinski definition) is 5. The molecule has 22 heavy (non-hydrogen) atoms. The van der Waals surface area contributed by atoms with Crippen molar-refractivity contribution in [2.75, 3.05) is 39.5 Å². The standard InChI is InChI=1S/C17H33N3O2/c1-16(2)9-13(10-17(3,4)19-16)18-14-11-22-12-15(14)20-5-7-21-8-6-20/h13-15,18-19H,5-12H2,1-4H3/t14-,15-/m0/s1. The Bertz CT molecular complexity index is 364. The zero-order valence-electron chi connectivity index (χ0n) is 14.7. The van der Waals surface area contributed by atoms with Gasteiger partial charge in [0.25, 0.3) is 0 Å². The molecule has 5 heteroatoms. The van der Waals surface area contributed by atoms with E-state index < -0.39 is 0 Å². The Morgan fingerprint density at radius 2 is 1.59 bits per heavy atom. The first-order valence-corrected chi connectivity index (χ1v) is 8.80. The van der Waals surface area contributed by atoms with Gasteiger partial charge < -0.3 is 20.1 Å². The fourth-order valence-corrected chi connectivity index (χ4v) is 4.71. The maximum Gasteiger partial charge on any atom is 0.0638 e. The van der Waals surface area contributed by atoms with E-state index in [1.165, 1.54) is 12.8 Å². The van der Waals surface area contributed by atoms with Crippen LogP contribution in [0.4, 0.5) is 0 Å². The molecule has 3 fully saturated rings. The number of morpholine rings is 1. The lowest BCUT2D eigenvalue weighted by molar-refractivity contribution is 0.00910. The molecule has 3 heterocycles. The molecule has 0 bridgehead atoms. The number of ether oxygens (including phenoxy) is 2. The average molecular weight is 311 g/mol. The second kappa shape index (κ2) is 6.36. The second-order valence-electron chi connectivity index (χ2n) is 8.52. The maximum absolute atomic E-state index is 5.81. The van der Waals surface area contributed by atoms with Crippen LogP contribution in [0.2, 0.25) is 0 Å². The van der Waals surface area contributed by atoms with Crippen molar-refractivity contribution in [2.45, 2.75) is 69.7 Å². The zero-order valence-corrected chi connectivity index (χ0v) is 14.7. The molecule has 0 saturated carbocycles. The Hall–Kier alpha value is -0.200. The van der Waals surface area contributed by atoms with E-state index in [0.29, 0.717) is 18.1 Å². The highest BCUT2D eigenvalue weighted by Crippen LogP contribution is 2.29. The van der Waals surface area contributed by atoms with Gasteiger partial charge in [0.2, 0.25) is 0 Å². The Morgan fingerprint density at radius 1 is 0.955 bits per heavy atom. The van der Waals surface area contributed by atoms with Gasteiger partial charge in [0, 0.05) is 36.3 Å². The molecule has 5 nitrogen and oxygen atoms in total. The van der Waals surface area contributed by atoms with Crippen molar-refractivity contribution in [3.63, 3.8) is 0 Å². The van der Waals surface area contributed by atoms with Crippen molar-refractivity contribution in [1.29, 1.82) is 0 Å². The minimum atomic E-state index is 0.188. The van der Waals surface area contributed by atoms with Crippen molar-refractivity contribution in [3.05, 3.63) is 0 Å². The monoisotopic (exact) mass is 311 g/mol. The van der Waals surface area contributed by atoms with Crippen molar-refractivity contribution < 1.29 is 9.47 Å². The van der Waals surface area contributed by atoms with Gasteiger partial charge in [0.1, 0.15) is 0 Å². The van der Waals surface area contributed by atoms with Crippen molar-refractivity contribution in [1.82, 2.24) is 15.5 Å². The fraction of sp³-hybridized carbons (Fsp3) is 1.00. The largest absolute Gasteiger partial charge is 0.379 e. The van der Waals surface area contributed by atoms with E-state index >= 15 is 0 Å². The van der Waals surface area contributed by atoms with E-state index in [0.717, 1.165) is 39.5 Å². The second-order valence-corrected chi connectivity index (χ2v) is 8.52. The van der Waals surface area contributed by atoms with Gasteiger partial charge in [-0.1, -0.05) is 0 Å². The summed E-state index contributed by atoms with van der Waals surface area (Å²) in [7, 11) is 0. The summed E-state index contributed by atoms with van der Waals surface area (Å²) in [5.74, 6) is 0. The van der Waals surface area contributed by atoms with E-state index in [1.54, 1.807) is 0 Å². The highest BCUT2D eigenvalue weighted by atomic mass is 16.5. The zero-order chi connectivity index (χ0) is 15.8. The van der Waals surface area contributed by atoms with Gasteiger partial charge >= 0.3 is 0 Å². The Balaban J connectivity index is 1.61. The van der Waals surface area contributed by atoms with Gasteiger partial charge in [0.15, 0.2) is 0 Å². The van der Waals surface area contributed by atoms with Crippen LogP contribution >= 0.6 is 0 Å². The number of nitrogens with one attached hydrogen (secondary N) is 2. The molecular weight excluding hydrogens is 278 g/mol. The van der Waals surface area contributed by atoms with Gasteiger partial charge in [-0.15, -0.1) is 0 Å². The molecule has 128 valence electrons. The smallest absolute Gasteiger partial charge is 0.0638 e. The third kappa shape index (κ3) is 4.01. The summed E-state index contributed by atoms with van der Waals surface area (Å²) >= 11 is 0. The minimum absolute atomic E-state index is 0.188. The summed E-state index contributed by atoms with van der Waals surface area (Å²) in [4.78, 5) is 2.55. The molecule has 0 aliphatic carbocycles. The highest BCUT2D eigenvalue weighted by Gasteiger charge is 2.41. The van der Waals surface area contributed by atoms with Crippen LogP contribution in [0.5, 0.6) is 0 Å². The van der Waals surface area contributed by atoms with Crippen molar-refractivity contribution in [2.24, 2.45) is 0 Å². The summed E-state index contributed by atoms with van der Waals surface area (Å²) in [6.07, 6.45) is 2.34. The van der Waals surface area contributed by atoms with Crippen LogP contribution in [0.15, 0.2) is 0 Å². The summed E-state index contributed by atoms with van der Waals surface area (Å²) in [5, 5.41) is 7.69. The molecule has 0 unspecified atom stereocenters. The van der Waals surface area contributed by atoms with Crippen molar-refractivity contribution in [3.8, 4) is 0 Å². The SMILES string of the molecule is CC1(C)CC(N[C@H]2COC[C@@H]2N2CCOCC2)CC(C)(C)N1. The normalized spacial score (nSPS) is 36.5. The molecule has 2 N–H and O–H groups in total. The quantitative estimate of drug-likeness (QED) is 0.814. The molecule has 0 aromatic carbocycles. The molecule has 0 radical (unpaired) electrons. The minimum Gasteiger partial charge on any atom is -0.379 e. The number of hydrogen-bond donors (Lipinski definition) is 2. The highest BCUT2D eigenvalue weighted by molar-refractivity contribution is 5.02. The lowest BCUT2D eigenvalue weighted by Gasteiger charge is -2.48. The fourth-order valence-electron chi connectivity index (χ4n) is 4.71. The van der Waals surface area contributed by atoms with Crippen LogP contribution in [0.3, 0.4) is 0 Å². The average Bonchev–Trinajstić information content (AvgIpc) is 2.84. The van der Waals surface area contributed by atoms with Gasteiger partial charge in [-0.05, 0) is 40.5 Å². The Kier molecular flexibility index (Phi) is 4.82. The molecule has 3 aliphatic rings. The first kappa shape index (κ1) is 16.7. The molecule has 0 spiro atoms. The van der Waals surface area contributed by atoms with Crippen LogP contribution in [-0.2, 0) is 9.47 Å². The predicted octanol–water partition coefficient (Wildman–Crippen LogP) is 0.985.